The number of nitrogens with one attached hydrogen (secondary N) is 3. The molecule has 0 aliphatic rings. The summed E-state index contributed by atoms with van der Waals surface area (Å²) in [5.74, 6) is 0.782. The van der Waals surface area contributed by atoms with Crippen molar-refractivity contribution in [2.75, 3.05) is 49.5 Å². The number of benzene rings is 2. The Balaban J connectivity index is 1.94. The molecule has 2 aromatic carbocycles. The van der Waals surface area contributed by atoms with E-state index in [1.807, 2.05) is 0 Å². The lowest BCUT2D eigenvalue weighted by molar-refractivity contribution is 0.324. The summed E-state index contributed by atoms with van der Waals surface area (Å²) in [6.07, 6.45) is 1.99. The minimum Gasteiger partial charge on any atom is -0.494 e. The Hall–Kier alpha value is -4.00. The Labute approximate surface area is 202 Å². The van der Waals surface area contributed by atoms with E-state index in [0.717, 1.165) is 12.5 Å². The average molecular weight is 508 g/mol. The molecule has 13 heteroatoms. The SMILES string of the molecule is CCOc1ccc(Nc2nc(Nc3cc(OC)c(OC)c(OC)c3)ncc2F)c(NS(C)(=O)=O)c1. The molecule has 11 nitrogen and oxygen atoms in total. The van der Waals surface area contributed by atoms with Gasteiger partial charge in [-0.05, 0) is 19.1 Å². The van der Waals surface area contributed by atoms with Crippen molar-refractivity contribution < 1.29 is 31.8 Å². The summed E-state index contributed by atoms with van der Waals surface area (Å²) in [4.78, 5) is 8.15. The number of ether oxygens (including phenoxy) is 4. The molecule has 0 radical (unpaired) electrons. The van der Waals surface area contributed by atoms with E-state index in [1.165, 1.54) is 27.4 Å². The molecule has 3 N–H and O–H groups in total. The van der Waals surface area contributed by atoms with Crippen molar-refractivity contribution in [1.29, 1.82) is 0 Å². The molecule has 0 fully saturated rings. The molecule has 0 aliphatic carbocycles. The number of rotatable bonds is 11. The largest absolute Gasteiger partial charge is 0.494 e. The first kappa shape index (κ1) is 25.6. The maximum atomic E-state index is 14.6. The molecule has 35 heavy (non-hydrogen) atoms. The highest BCUT2D eigenvalue weighted by molar-refractivity contribution is 7.92. The van der Waals surface area contributed by atoms with Gasteiger partial charge in [0, 0.05) is 23.9 Å². The van der Waals surface area contributed by atoms with Crippen molar-refractivity contribution >= 4 is 38.9 Å². The van der Waals surface area contributed by atoms with Gasteiger partial charge in [-0.3, -0.25) is 4.72 Å². The average Bonchev–Trinajstić information content (AvgIpc) is 2.81. The monoisotopic (exact) mass is 507 g/mol. The van der Waals surface area contributed by atoms with Gasteiger partial charge in [0.15, 0.2) is 23.1 Å². The number of nitrogens with zero attached hydrogens (tertiary/aromatic N) is 2. The molecule has 0 bridgehead atoms. The molecular formula is C22H26FN5O6S. The van der Waals surface area contributed by atoms with Gasteiger partial charge in [0.05, 0.1) is 51.8 Å². The van der Waals surface area contributed by atoms with Crippen molar-refractivity contribution in [2.24, 2.45) is 0 Å². The molecule has 0 aliphatic heterocycles. The number of hydrogen-bond acceptors (Lipinski definition) is 10. The Morgan fingerprint density at radius 3 is 2.23 bits per heavy atom. The van der Waals surface area contributed by atoms with Crippen LogP contribution in [0.1, 0.15) is 6.92 Å². The fourth-order valence-electron chi connectivity index (χ4n) is 3.10. The maximum absolute atomic E-state index is 14.6. The third-order valence-corrected chi connectivity index (χ3v) is 5.11. The number of halogens is 1. The zero-order valence-corrected chi connectivity index (χ0v) is 20.6. The fraction of sp³-hybridized carbons (Fsp3) is 0.273. The van der Waals surface area contributed by atoms with Crippen LogP contribution in [0.3, 0.4) is 0 Å². The Morgan fingerprint density at radius 1 is 0.971 bits per heavy atom. The van der Waals surface area contributed by atoms with Gasteiger partial charge < -0.3 is 29.6 Å². The van der Waals surface area contributed by atoms with Gasteiger partial charge in [0.25, 0.3) is 0 Å². The van der Waals surface area contributed by atoms with E-state index in [2.05, 4.69) is 25.3 Å². The lowest BCUT2D eigenvalue weighted by Crippen LogP contribution is -2.12. The highest BCUT2D eigenvalue weighted by Gasteiger charge is 2.16. The molecule has 0 saturated carbocycles. The predicted octanol–water partition coefficient (Wildman–Crippen LogP) is 3.90. The molecule has 188 valence electrons. The summed E-state index contributed by atoms with van der Waals surface area (Å²) in [6.45, 7) is 2.19. The van der Waals surface area contributed by atoms with E-state index in [0.29, 0.717) is 35.3 Å². The second-order valence-electron chi connectivity index (χ2n) is 7.07. The van der Waals surface area contributed by atoms with Gasteiger partial charge in [0.2, 0.25) is 21.7 Å². The smallest absolute Gasteiger partial charge is 0.229 e. The first-order valence-electron chi connectivity index (χ1n) is 10.3. The summed E-state index contributed by atoms with van der Waals surface area (Å²) in [5, 5.41) is 5.77. The lowest BCUT2D eigenvalue weighted by atomic mass is 10.2. The first-order chi connectivity index (χ1) is 16.7. The van der Waals surface area contributed by atoms with Crippen molar-refractivity contribution in [1.82, 2.24) is 9.97 Å². The molecule has 0 unspecified atom stereocenters. The predicted molar refractivity (Wildman–Crippen MR) is 131 cm³/mol. The molecule has 1 heterocycles. The molecule has 1 aromatic heterocycles. The van der Waals surface area contributed by atoms with Crippen molar-refractivity contribution in [2.45, 2.75) is 6.92 Å². The molecule has 0 saturated heterocycles. The van der Waals surface area contributed by atoms with Gasteiger partial charge in [-0.2, -0.15) is 4.98 Å². The molecule has 0 spiro atoms. The third-order valence-electron chi connectivity index (χ3n) is 4.52. The number of sulfonamides is 1. The lowest BCUT2D eigenvalue weighted by Gasteiger charge is -2.16. The van der Waals surface area contributed by atoms with Crippen molar-refractivity contribution in [3.05, 3.63) is 42.3 Å². The van der Waals surface area contributed by atoms with Crippen molar-refractivity contribution in [3.63, 3.8) is 0 Å². The second kappa shape index (κ2) is 11.0. The quantitative estimate of drug-likeness (QED) is 0.351. The molecule has 0 atom stereocenters. The van der Waals surface area contributed by atoms with E-state index in [4.69, 9.17) is 18.9 Å². The van der Waals surface area contributed by atoms with Crippen LogP contribution in [0.25, 0.3) is 0 Å². The van der Waals surface area contributed by atoms with Gasteiger partial charge in [0.1, 0.15) is 5.75 Å². The second-order valence-corrected chi connectivity index (χ2v) is 8.82. The normalized spacial score (nSPS) is 10.9. The van der Waals surface area contributed by atoms with Crippen LogP contribution in [0, 0.1) is 5.82 Å². The zero-order valence-electron chi connectivity index (χ0n) is 19.8. The van der Waals surface area contributed by atoms with Crippen LogP contribution in [0.4, 0.5) is 33.2 Å². The molecule has 0 amide bonds. The van der Waals surface area contributed by atoms with E-state index in [9.17, 15) is 12.8 Å². The van der Waals surface area contributed by atoms with Crippen LogP contribution >= 0.6 is 0 Å². The minimum atomic E-state index is -3.62. The Bertz CT molecular complexity index is 1280. The number of methoxy groups -OCH3 is 3. The summed E-state index contributed by atoms with van der Waals surface area (Å²) in [5.41, 5.74) is 0.920. The van der Waals surface area contributed by atoms with E-state index in [-0.39, 0.29) is 23.1 Å². The summed E-state index contributed by atoms with van der Waals surface area (Å²) >= 11 is 0. The standard InChI is InChI=1S/C22H26FN5O6S/c1-6-34-14-7-8-16(17(11-14)28-35(5,29)30)26-21-15(23)12-24-22(27-21)25-13-9-18(31-2)20(33-4)19(10-13)32-3/h7-12,28H,6H2,1-5H3,(H2,24,25,26,27). The van der Waals surface area contributed by atoms with Crippen LogP contribution < -0.4 is 34.3 Å². The van der Waals surface area contributed by atoms with Gasteiger partial charge in [-0.15, -0.1) is 0 Å². The maximum Gasteiger partial charge on any atom is 0.229 e. The number of anilines is 5. The van der Waals surface area contributed by atoms with Crippen LogP contribution in [-0.2, 0) is 10.0 Å². The Morgan fingerprint density at radius 2 is 1.66 bits per heavy atom. The summed E-state index contributed by atoms with van der Waals surface area (Å²) < 4.78 is 62.0. The number of hydrogen-bond donors (Lipinski definition) is 3. The first-order valence-corrected chi connectivity index (χ1v) is 12.2. The van der Waals surface area contributed by atoms with Crippen LogP contribution in [0.2, 0.25) is 0 Å². The van der Waals surface area contributed by atoms with E-state index >= 15 is 0 Å². The van der Waals surface area contributed by atoms with Gasteiger partial charge in [-0.25, -0.2) is 17.8 Å². The summed E-state index contributed by atoms with van der Waals surface area (Å²) in [7, 11) is 0.833. The highest BCUT2D eigenvalue weighted by Crippen LogP contribution is 2.40. The highest BCUT2D eigenvalue weighted by atomic mass is 32.2. The molecule has 3 aromatic rings. The van der Waals surface area contributed by atoms with E-state index in [1.54, 1.807) is 31.2 Å². The third kappa shape index (κ3) is 6.53. The molecule has 3 rings (SSSR count). The molecular weight excluding hydrogens is 481 g/mol. The van der Waals surface area contributed by atoms with Crippen LogP contribution in [0.5, 0.6) is 23.0 Å². The van der Waals surface area contributed by atoms with Crippen molar-refractivity contribution in [3.8, 4) is 23.0 Å². The number of aromatic nitrogens is 2. The fourth-order valence-corrected chi connectivity index (χ4v) is 3.67. The van der Waals surface area contributed by atoms with Gasteiger partial charge >= 0.3 is 0 Å². The zero-order chi connectivity index (χ0) is 25.6. The van der Waals surface area contributed by atoms with Crippen LogP contribution in [0.15, 0.2) is 36.5 Å². The topological polar surface area (TPSA) is 133 Å². The Kier molecular flexibility index (Phi) is 8.02. The summed E-state index contributed by atoms with van der Waals surface area (Å²) in [6, 6.07) is 7.93. The van der Waals surface area contributed by atoms with Crippen LogP contribution in [-0.4, -0.2) is 52.6 Å². The minimum absolute atomic E-state index is 0.0618. The van der Waals surface area contributed by atoms with Gasteiger partial charge in [-0.1, -0.05) is 0 Å². The van der Waals surface area contributed by atoms with E-state index < -0.39 is 15.8 Å².